The van der Waals surface area contributed by atoms with E-state index in [0.29, 0.717) is 18.5 Å². The number of benzene rings is 1. The minimum absolute atomic E-state index is 0. The van der Waals surface area contributed by atoms with Crippen LogP contribution in [0.1, 0.15) is 19.3 Å². The van der Waals surface area contributed by atoms with Crippen LogP contribution in [0.5, 0.6) is 5.75 Å². The van der Waals surface area contributed by atoms with Gasteiger partial charge in [-0.05, 0) is 37.3 Å². The molecule has 0 unspecified atom stereocenters. The van der Waals surface area contributed by atoms with E-state index < -0.39 is 16.4 Å². The summed E-state index contributed by atoms with van der Waals surface area (Å²) in [6.07, 6.45) is 3.13. The number of halogens is 2. The third-order valence-corrected chi connectivity index (χ3v) is 4.99. The summed E-state index contributed by atoms with van der Waals surface area (Å²) in [6, 6.07) is 3.26. The normalized spacial score (nSPS) is 18.7. The summed E-state index contributed by atoms with van der Waals surface area (Å²) in [5.41, 5.74) is -0.278. The minimum atomic E-state index is -0.974. The van der Waals surface area contributed by atoms with Gasteiger partial charge in [-0.15, -0.1) is 12.4 Å². The number of nitro benzene ring substituents is 1. The average Bonchev–Trinajstić information content (AvgIpc) is 3.01. The molecule has 0 bridgehead atoms. The molecule has 1 spiro atoms. The van der Waals surface area contributed by atoms with Crippen molar-refractivity contribution in [1.29, 1.82) is 0 Å². The highest BCUT2D eigenvalue weighted by molar-refractivity contribution is 5.85. The number of piperidine rings is 1. The van der Waals surface area contributed by atoms with E-state index in [9.17, 15) is 19.3 Å². The fourth-order valence-corrected chi connectivity index (χ4v) is 3.41. The summed E-state index contributed by atoms with van der Waals surface area (Å²) < 4.78 is 18.8. The molecular formula is C16H21ClFN3O4. The number of likely N-dealkylation sites (tertiary alicyclic amines) is 1. The molecule has 0 aliphatic carbocycles. The summed E-state index contributed by atoms with van der Waals surface area (Å²) in [5.74, 6) is -1.01. The summed E-state index contributed by atoms with van der Waals surface area (Å²) in [6.45, 7) is 3.29. The first-order valence-corrected chi connectivity index (χ1v) is 8.04. The number of nitrogens with zero attached hydrogens (tertiary/aromatic N) is 2. The summed E-state index contributed by atoms with van der Waals surface area (Å²) in [4.78, 5) is 23.8. The number of nitro groups is 1. The van der Waals surface area contributed by atoms with Gasteiger partial charge in [0.15, 0.2) is 6.61 Å². The van der Waals surface area contributed by atoms with Crippen LogP contribution in [-0.2, 0) is 4.79 Å². The van der Waals surface area contributed by atoms with Crippen molar-refractivity contribution in [1.82, 2.24) is 10.2 Å². The number of carbonyl (C=O) groups excluding carboxylic acids is 1. The van der Waals surface area contributed by atoms with Crippen LogP contribution in [0.4, 0.5) is 10.1 Å². The van der Waals surface area contributed by atoms with E-state index in [1.165, 1.54) is 6.07 Å². The zero-order valence-corrected chi connectivity index (χ0v) is 14.5. The second kappa shape index (κ2) is 7.97. The van der Waals surface area contributed by atoms with Crippen molar-refractivity contribution in [2.24, 2.45) is 5.41 Å². The van der Waals surface area contributed by atoms with Gasteiger partial charge in [-0.3, -0.25) is 14.9 Å². The van der Waals surface area contributed by atoms with E-state index in [1.807, 2.05) is 0 Å². The number of ether oxygens (including phenoxy) is 1. The Bertz CT molecular complexity index is 642. The van der Waals surface area contributed by atoms with Crippen molar-refractivity contribution >= 4 is 24.0 Å². The molecule has 2 saturated heterocycles. The van der Waals surface area contributed by atoms with Crippen molar-refractivity contribution in [3.8, 4) is 5.75 Å². The molecule has 3 rings (SSSR count). The molecule has 2 aliphatic heterocycles. The number of nitrogens with one attached hydrogen (secondary N) is 1. The van der Waals surface area contributed by atoms with Crippen LogP contribution in [0.2, 0.25) is 0 Å². The van der Waals surface area contributed by atoms with Crippen molar-refractivity contribution in [3.63, 3.8) is 0 Å². The quantitative estimate of drug-likeness (QED) is 0.645. The molecule has 9 heteroatoms. The second-order valence-electron chi connectivity index (χ2n) is 6.47. The fourth-order valence-electron chi connectivity index (χ4n) is 3.41. The van der Waals surface area contributed by atoms with E-state index in [0.717, 1.165) is 44.5 Å². The maximum atomic E-state index is 13.5. The molecule has 0 atom stereocenters. The van der Waals surface area contributed by atoms with E-state index in [-0.39, 0.29) is 30.7 Å². The predicted molar refractivity (Wildman–Crippen MR) is 91.5 cm³/mol. The lowest BCUT2D eigenvalue weighted by atomic mass is 9.78. The Hall–Kier alpha value is -1.93. The van der Waals surface area contributed by atoms with Crippen LogP contribution in [0.3, 0.4) is 0 Å². The number of hydrogen-bond donors (Lipinski definition) is 1. The van der Waals surface area contributed by atoms with Crippen LogP contribution in [0, 0.1) is 21.3 Å². The van der Waals surface area contributed by atoms with Crippen LogP contribution in [-0.4, -0.2) is 48.5 Å². The second-order valence-corrected chi connectivity index (χ2v) is 6.47. The van der Waals surface area contributed by atoms with Gasteiger partial charge in [0.1, 0.15) is 5.75 Å². The molecular weight excluding hydrogens is 353 g/mol. The third kappa shape index (κ3) is 4.38. The van der Waals surface area contributed by atoms with Gasteiger partial charge in [-0.1, -0.05) is 0 Å². The summed E-state index contributed by atoms with van der Waals surface area (Å²) in [5, 5.41) is 14.0. The molecule has 2 aliphatic rings. The molecule has 0 radical (unpaired) electrons. The van der Waals surface area contributed by atoms with E-state index in [1.54, 1.807) is 4.90 Å². The summed E-state index contributed by atoms with van der Waals surface area (Å²) in [7, 11) is 0. The maximum absolute atomic E-state index is 13.5. The maximum Gasteiger partial charge on any atom is 0.305 e. The van der Waals surface area contributed by atoms with Crippen LogP contribution >= 0.6 is 12.4 Å². The Balaban J connectivity index is 0.00000225. The van der Waals surface area contributed by atoms with Crippen LogP contribution < -0.4 is 10.1 Å². The molecule has 1 aromatic rings. The molecule has 7 nitrogen and oxygen atoms in total. The average molecular weight is 374 g/mol. The minimum Gasteiger partial charge on any atom is -0.484 e. The van der Waals surface area contributed by atoms with E-state index in [2.05, 4.69) is 5.32 Å². The molecule has 1 aromatic carbocycles. The lowest BCUT2D eigenvalue weighted by molar-refractivity contribution is -0.387. The number of amides is 1. The Labute approximate surface area is 151 Å². The Morgan fingerprint density at radius 2 is 2.08 bits per heavy atom. The number of carbonyl (C=O) groups is 1. The van der Waals surface area contributed by atoms with Gasteiger partial charge in [0.2, 0.25) is 5.82 Å². The third-order valence-electron chi connectivity index (χ3n) is 4.99. The monoisotopic (exact) mass is 373 g/mol. The molecule has 0 saturated carbocycles. The lowest BCUT2D eigenvalue weighted by Crippen LogP contribution is -2.45. The van der Waals surface area contributed by atoms with Crippen molar-refractivity contribution < 1.29 is 18.8 Å². The molecule has 138 valence electrons. The highest BCUT2D eigenvalue weighted by Gasteiger charge is 2.38. The standard InChI is InChI=1S/C16H20FN3O4.ClH/c17-13-9-12(1-2-14(13)20(22)23)24-10-15(21)19-7-4-16(5-8-19)3-6-18-11-16;/h1-2,9,18H,3-8,10-11H2;1H. The highest BCUT2D eigenvalue weighted by atomic mass is 35.5. The molecule has 1 N–H and O–H groups in total. The van der Waals surface area contributed by atoms with Gasteiger partial charge < -0.3 is 15.0 Å². The Kier molecular flexibility index (Phi) is 6.18. The van der Waals surface area contributed by atoms with E-state index in [4.69, 9.17) is 4.74 Å². The fraction of sp³-hybridized carbons (Fsp3) is 0.562. The summed E-state index contributed by atoms with van der Waals surface area (Å²) >= 11 is 0. The van der Waals surface area contributed by atoms with Crippen molar-refractivity contribution in [2.45, 2.75) is 19.3 Å². The zero-order chi connectivity index (χ0) is 17.2. The Morgan fingerprint density at radius 3 is 2.64 bits per heavy atom. The SMILES string of the molecule is Cl.O=C(COc1ccc([N+](=O)[O-])c(F)c1)N1CCC2(CCNC2)CC1. The first-order chi connectivity index (χ1) is 11.5. The first-order valence-electron chi connectivity index (χ1n) is 8.04. The van der Waals surface area contributed by atoms with Gasteiger partial charge in [0.25, 0.3) is 5.91 Å². The number of rotatable bonds is 4. The first kappa shape index (κ1) is 19.4. The van der Waals surface area contributed by atoms with Crippen LogP contribution in [0.25, 0.3) is 0 Å². The zero-order valence-electron chi connectivity index (χ0n) is 13.7. The molecule has 0 aromatic heterocycles. The molecule has 2 fully saturated rings. The smallest absolute Gasteiger partial charge is 0.305 e. The predicted octanol–water partition coefficient (Wildman–Crippen LogP) is 2.14. The van der Waals surface area contributed by atoms with Crippen molar-refractivity contribution in [3.05, 3.63) is 34.1 Å². The highest BCUT2D eigenvalue weighted by Crippen LogP contribution is 2.36. The lowest BCUT2D eigenvalue weighted by Gasteiger charge is -2.38. The molecule has 1 amide bonds. The molecule has 25 heavy (non-hydrogen) atoms. The topological polar surface area (TPSA) is 84.7 Å². The van der Waals surface area contributed by atoms with Crippen LogP contribution in [0.15, 0.2) is 18.2 Å². The number of hydrogen-bond acceptors (Lipinski definition) is 5. The molecule has 2 heterocycles. The van der Waals surface area contributed by atoms with Gasteiger partial charge in [0, 0.05) is 31.8 Å². The van der Waals surface area contributed by atoms with E-state index >= 15 is 0 Å². The van der Waals surface area contributed by atoms with Gasteiger partial charge >= 0.3 is 5.69 Å². The Morgan fingerprint density at radius 1 is 1.36 bits per heavy atom. The largest absolute Gasteiger partial charge is 0.484 e. The van der Waals surface area contributed by atoms with Gasteiger partial charge in [-0.25, -0.2) is 0 Å². The van der Waals surface area contributed by atoms with Gasteiger partial charge in [0.05, 0.1) is 4.92 Å². The van der Waals surface area contributed by atoms with Crippen molar-refractivity contribution in [2.75, 3.05) is 32.8 Å². The van der Waals surface area contributed by atoms with Gasteiger partial charge in [-0.2, -0.15) is 4.39 Å².